The van der Waals surface area contributed by atoms with Crippen molar-refractivity contribution in [3.8, 4) is 34.5 Å². The first-order valence-electron chi connectivity index (χ1n) is 13.3. The molecule has 2 heterocycles. The predicted octanol–water partition coefficient (Wildman–Crippen LogP) is 2.73. The van der Waals surface area contributed by atoms with E-state index in [1.807, 2.05) is 11.9 Å². The maximum atomic E-state index is 13.2. The van der Waals surface area contributed by atoms with E-state index in [0.717, 1.165) is 0 Å². The van der Waals surface area contributed by atoms with Crippen molar-refractivity contribution >= 4 is 18.0 Å². The Morgan fingerprint density at radius 2 is 1.26 bits per heavy atom. The first kappa shape index (κ1) is 30.8. The van der Waals surface area contributed by atoms with Crippen molar-refractivity contribution in [2.24, 2.45) is 0 Å². The topological polar surface area (TPSA) is 131 Å². The second-order valence-electron chi connectivity index (χ2n) is 9.90. The summed E-state index contributed by atoms with van der Waals surface area (Å²) in [7, 11) is 10.8. The molecule has 5 atom stereocenters. The molecule has 0 aromatic heterocycles. The van der Waals surface area contributed by atoms with Gasteiger partial charge in [-0.1, -0.05) is 0 Å². The van der Waals surface area contributed by atoms with Crippen molar-refractivity contribution in [2.75, 3.05) is 49.7 Å². The summed E-state index contributed by atoms with van der Waals surface area (Å²) >= 11 is 0. The minimum atomic E-state index is -0.968. The Morgan fingerprint density at radius 3 is 1.76 bits per heavy atom. The minimum absolute atomic E-state index is 0.181. The molecule has 42 heavy (non-hydrogen) atoms. The summed E-state index contributed by atoms with van der Waals surface area (Å²) in [5, 5.41) is 11.1. The number of likely N-dealkylation sites (N-methyl/N-ethyl adjacent to an activating group) is 1. The van der Waals surface area contributed by atoms with Gasteiger partial charge >= 0.3 is 11.9 Å². The van der Waals surface area contributed by atoms with Crippen molar-refractivity contribution in [3.05, 3.63) is 41.5 Å². The van der Waals surface area contributed by atoms with Crippen LogP contribution in [0.1, 0.15) is 28.8 Å². The van der Waals surface area contributed by atoms with Gasteiger partial charge in [-0.15, -0.1) is 0 Å². The van der Waals surface area contributed by atoms with Crippen molar-refractivity contribution in [1.29, 1.82) is 0 Å². The van der Waals surface area contributed by atoms with Gasteiger partial charge in [-0.25, -0.2) is 9.59 Å². The zero-order valence-electron chi connectivity index (χ0n) is 24.7. The summed E-state index contributed by atoms with van der Waals surface area (Å²) in [4.78, 5) is 27.9. The maximum Gasteiger partial charge on any atom is 0.338 e. The number of ether oxygens (including phenoxy) is 8. The van der Waals surface area contributed by atoms with Crippen LogP contribution >= 0.6 is 0 Å². The summed E-state index contributed by atoms with van der Waals surface area (Å²) in [5.74, 6) is 1.11. The predicted molar refractivity (Wildman–Crippen MR) is 151 cm³/mol. The Labute approximate surface area is 244 Å². The lowest BCUT2D eigenvalue weighted by atomic mass is 10.00. The number of aliphatic hydroxyl groups is 1. The van der Waals surface area contributed by atoms with Gasteiger partial charge in [-0.05, 0) is 43.0 Å². The highest BCUT2D eigenvalue weighted by Crippen LogP contribution is 2.41. The van der Waals surface area contributed by atoms with Gasteiger partial charge in [-0.2, -0.15) is 0 Å². The fourth-order valence-electron chi connectivity index (χ4n) is 5.61. The molecule has 2 unspecified atom stereocenters. The molecule has 2 aliphatic rings. The van der Waals surface area contributed by atoms with Gasteiger partial charge in [0.15, 0.2) is 23.0 Å². The quantitative estimate of drug-likeness (QED) is 0.306. The number of rotatable bonds is 11. The van der Waals surface area contributed by atoms with Crippen LogP contribution in [0.15, 0.2) is 30.3 Å². The number of piperidine rings is 1. The average Bonchev–Trinajstić information content (AvgIpc) is 3.12. The lowest BCUT2D eigenvalue weighted by molar-refractivity contribution is -0.146. The van der Waals surface area contributed by atoms with Crippen LogP contribution in [-0.2, 0) is 14.3 Å². The van der Waals surface area contributed by atoms with Crippen molar-refractivity contribution in [3.63, 3.8) is 0 Å². The number of esters is 2. The number of hydrogen-bond donors (Lipinski definition) is 1. The summed E-state index contributed by atoms with van der Waals surface area (Å²) in [5.41, 5.74) is 0.833. The highest BCUT2D eigenvalue weighted by molar-refractivity contribution is 5.91. The van der Waals surface area contributed by atoms with E-state index in [1.165, 1.54) is 60.9 Å². The van der Waals surface area contributed by atoms with E-state index in [1.54, 1.807) is 18.2 Å². The molecule has 2 bridgehead atoms. The van der Waals surface area contributed by atoms with Crippen LogP contribution in [0.4, 0.5) is 0 Å². The first-order chi connectivity index (χ1) is 20.2. The second-order valence-corrected chi connectivity index (χ2v) is 9.90. The lowest BCUT2D eigenvalue weighted by Gasteiger charge is -2.35. The number of carbonyl (C=O) groups excluding carboxylic acids is 2. The molecule has 2 fully saturated rings. The molecule has 0 radical (unpaired) electrons. The van der Waals surface area contributed by atoms with E-state index in [0.29, 0.717) is 52.9 Å². The van der Waals surface area contributed by atoms with Crippen LogP contribution in [0.2, 0.25) is 0 Å². The molecule has 0 saturated carbocycles. The Morgan fingerprint density at radius 1 is 0.762 bits per heavy atom. The zero-order valence-corrected chi connectivity index (χ0v) is 24.7. The standard InChI is InChI=1S/C30H37NO11/c1-31-19-14-18(41-25(32)9-8-16-10-21(35-2)28(39-6)22(11-16)36-3)15-20(31)27(26(19)33)42-30(34)17-12-23(37-4)29(40-7)24(13-17)38-5/h8-13,18-20,26-27,33H,14-15H2,1-7H3/b9-8+/t18-,19?,20?,26-,27+/m0/s1. The summed E-state index contributed by atoms with van der Waals surface area (Å²) in [6.07, 6.45) is 1.39. The Hall–Kier alpha value is -4.16. The fraction of sp³-hybridized carbons (Fsp3) is 0.467. The van der Waals surface area contributed by atoms with E-state index in [9.17, 15) is 14.7 Å². The van der Waals surface area contributed by atoms with Gasteiger partial charge in [0.1, 0.15) is 18.3 Å². The van der Waals surface area contributed by atoms with Gasteiger partial charge in [-0.3, -0.25) is 4.90 Å². The number of aliphatic hydroxyl groups excluding tert-OH is 1. The third-order valence-corrected chi connectivity index (χ3v) is 7.69. The SMILES string of the molecule is COc1cc(/C=C/C(=O)O[C@@H]2CC3[C@@H](OC(=O)c4cc(OC)c(OC)c(OC)c4)[C@@H](O)C(C2)N3C)cc(OC)c1OC. The van der Waals surface area contributed by atoms with Gasteiger partial charge < -0.3 is 43.0 Å². The molecule has 0 amide bonds. The summed E-state index contributed by atoms with van der Waals surface area (Å²) < 4.78 is 43.6. The van der Waals surface area contributed by atoms with Gasteiger partial charge in [0.25, 0.3) is 0 Å². The highest BCUT2D eigenvalue weighted by Gasteiger charge is 2.54. The molecule has 0 spiro atoms. The second kappa shape index (κ2) is 13.2. The van der Waals surface area contributed by atoms with Crippen LogP contribution in [-0.4, -0.2) is 102 Å². The van der Waals surface area contributed by atoms with Crippen LogP contribution in [0.3, 0.4) is 0 Å². The Bertz CT molecular complexity index is 1280. The minimum Gasteiger partial charge on any atom is -0.493 e. The third kappa shape index (κ3) is 6.04. The van der Waals surface area contributed by atoms with Gasteiger partial charge in [0, 0.05) is 25.0 Å². The summed E-state index contributed by atoms with van der Waals surface area (Å²) in [6, 6.07) is 5.69. The molecule has 4 rings (SSSR count). The molecule has 2 saturated heterocycles. The number of methoxy groups -OCH3 is 6. The highest BCUT2D eigenvalue weighted by atomic mass is 16.6. The van der Waals surface area contributed by atoms with Crippen LogP contribution in [0.25, 0.3) is 6.08 Å². The van der Waals surface area contributed by atoms with E-state index in [-0.39, 0.29) is 17.6 Å². The van der Waals surface area contributed by atoms with Crippen LogP contribution < -0.4 is 28.4 Å². The first-order valence-corrected chi connectivity index (χ1v) is 13.3. The number of hydrogen-bond acceptors (Lipinski definition) is 12. The molecule has 0 aliphatic carbocycles. The monoisotopic (exact) mass is 587 g/mol. The number of benzene rings is 2. The van der Waals surface area contributed by atoms with Crippen molar-refractivity contribution in [1.82, 2.24) is 4.90 Å². The average molecular weight is 588 g/mol. The smallest absolute Gasteiger partial charge is 0.338 e. The number of fused-ring (bicyclic) bond motifs is 2. The molecule has 2 aromatic rings. The van der Waals surface area contributed by atoms with E-state index < -0.39 is 30.3 Å². The Balaban J connectivity index is 1.44. The van der Waals surface area contributed by atoms with Crippen LogP contribution in [0, 0.1) is 0 Å². The van der Waals surface area contributed by atoms with Crippen molar-refractivity contribution in [2.45, 2.75) is 43.2 Å². The molecular formula is C30H37NO11. The van der Waals surface area contributed by atoms with Gasteiger partial charge in [0.2, 0.25) is 11.5 Å². The van der Waals surface area contributed by atoms with E-state index in [2.05, 4.69) is 0 Å². The molecule has 12 nitrogen and oxygen atoms in total. The third-order valence-electron chi connectivity index (χ3n) is 7.69. The zero-order chi connectivity index (χ0) is 30.6. The van der Waals surface area contributed by atoms with E-state index in [4.69, 9.17) is 37.9 Å². The van der Waals surface area contributed by atoms with E-state index >= 15 is 0 Å². The normalized spacial score (nSPS) is 23.3. The van der Waals surface area contributed by atoms with Crippen LogP contribution in [0.5, 0.6) is 34.5 Å². The molecule has 228 valence electrons. The summed E-state index contributed by atoms with van der Waals surface area (Å²) in [6.45, 7) is 0. The maximum absolute atomic E-state index is 13.2. The number of nitrogens with zero attached hydrogens (tertiary/aromatic N) is 1. The molecule has 2 aliphatic heterocycles. The molecular weight excluding hydrogens is 550 g/mol. The Kier molecular flexibility index (Phi) is 9.69. The van der Waals surface area contributed by atoms with Gasteiger partial charge in [0.05, 0.1) is 54.3 Å². The molecule has 12 heteroatoms. The molecule has 2 aromatic carbocycles. The lowest BCUT2D eigenvalue weighted by Crippen LogP contribution is -2.46. The van der Waals surface area contributed by atoms with Crippen molar-refractivity contribution < 1.29 is 52.6 Å². The number of carbonyl (C=O) groups is 2. The fourth-order valence-corrected chi connectivity index (χ4v) is 5.61. The largest absolute Gasteiger partial charge is 0.493 e. The molecule has 1 N–H and O–H groups in total.